The Balaban J connectivity index is 2.42. The predicted molar refractivity (Wildman–Crippen MR) is 45.2 cm³/mol. The van der Waals surface area contributed by atoms with Crippen molar-refractivity contribution in [2.24, 2.45) is 5.73 Å². The lowest BCUT2D eigenvalue weighted by Crippen LogP contribution is -2.52. The summed E-state index contributed by atoms with van der Waals surface area (Å²) in [7, 11) is 0. The molecule has 1 aliphatic heterocycles. The Kier molecular flexibility index (Phi) is 3.07. The standard InChI is InChI=1S/C7H13N3O3/c8-5(6(11)12)4-10-3-1-2-9-7(10)13/h5H,1-4,8H2,(H,9,13)(H,11,12). The Morgan fingerprint density at radius 2 is 2.46 bits per heavy atom. The van der Waals surface area contributed by atoms with Gasteiger partial charge in [0.25, 0.3) is 0 Å². The molecule has 1 rings (SSSR count). The van der Waals surface area contributed by atoms with Gasteiger partial charge in [-0.3, -0.25) is 4.79 Å². The molecule has 0 aromatic carbocycles. The second kappa shape index (κ2) is 4.08. The topological polar surface area (TPSA) is 95.7 Å². The Hall–Kier alpha value is -1.30. The van der Waals surface area contributed by atoms with Gasteiger partial charge in [0.05, 0.1) is 0 Å². The van der Waals surface area contributed by atoms with E-state index in [2.05, 4.69) is 5.32 Å². The highest BCUT2D eigenvalue weighted by molar-refractivity contribution is 5.77. The van der Waals surface area contributed by atoms with Gasteiger partial charge in [0, 0.05) is 19.6 Å². The van der Waals surface area contributed by atoms with Gasteiger partial charge in [-0.15, -0.1) is 0 Å². The Labute approximate surface area is 75.7 Å². The molecule has 0 spiro atoms. The van der Waals surface area contributed by atoms with Crippen molar-refractivity contribution in [1.29, 1.82) is 0 Å². The molecule has 1 unspecified atom stereocenters. The van der Waals surface area contributed by atoms with Crippen LogP contribution >= 0.6 is 0 Å². The second-order valence-electron chi connectivity index (χ2n) is 2.98. The van der Waals surface area contributed by atoms with Crippen LogP contribution < -0.4 is 11.1 Å². The number of carbonyl (C=O) groups is 2. The van der Waals surface area contributed by atoms with Crippen molar-refractivity contribution in [1.82, 2.24) is 10.2 Å². The number of carbonyl (C=O) groups excluding carboxylic acids is 1. The average molecular weight is 187 g/mol. The van der Waals surface area contributed by atoms with Gasteiger partial charge in [-0.25, -0.2) is 4.79 Å². The Morgan fingerprint density at radius 3 is 3.00 bits per heavy atom. The molecule has 0 aliphatic carbocycles. The molecule has 1 fully saturated rings. The van der Waals surface area contributed by atoms with Crippen molar-refractivity contribution in [3.63, 3.8) is 0 Å². The molecule has 13 heavy (non-hydrogen) atoms. The highest BCUT2D eigenvalue weighted by Crippen LogP contribution is 1.99. The molecule has 0 radical (unpaired) electrons. The lowest BCUT2D eigenvalue weighted by molar-refractivity contribution is -0.138. The molecule has 74 valence electrons. The van der Waals surface area contributed by atoms with Crippen molar-refractivity contribution in [2.45, 2.75) is 12.5 Å². The Morgan fingerprint density at radius 1 is 1.77 bits per heavy atom. The molecule has 0 aromatic rings. The fraction of sp³-hybridized carbons (Fsp3) is 0.714. The van der Waals surface area contributed by atoms with E-state index in [-0.39, 0.29) is 12.6 Å². The first-order valence-electron chi connectivity index (χ1n) is 4.12. The van der Waals surface area contributed by atoms with Crippen LogP contribution in [0.1, 0.15) is 6.42 Å². The molecule has 6 heteroatoms. The number of nitrogens with zero attached hydrogens (tertiary/aromatic N) is 1. The molecule has 2 amide bonds. The highest BCUT2D eigenvalue weighted by Gasteiger charge is 2.22. The molecule has 0 saturated carbocycles. The number of nitrogens with one attached hydrogen (secondary N) is 1. The largest absolute Gasteiger partial charge is 0.480 e. The summed E-state index contributed by atoms with van der Waals surface area (Å²) < 4.78 is 0. The van der Waals surface area contributed by atoms with E-state index in [4.69, 9.17) is 10.8 Å². The minimum absolute atomic E-state index is 0.0706. The van der Waals surface area contributed by atoms with Gasteiger partial charge in [-0.05, 0) is 6.42 Å². The van der Waals surface area contributed by atoms with Crippen LogP contribution in [-0.4, -0.2) is 47.7 Å². The first-order valence-corrected chi connectivity index (χ1v) is 4.12. The van der Waals surface area contributed by atoms with Gasteiger partial charge in [-0.2, -0.15) is 0 Å². The fourth-order valence-corrected chi connectivity index (χ4v) is 1.17. The Bertz CT molecular complexity index is 219. The maximum atomic E-state index is 11.1. The van der Waals surface area contributed by atoms with E-state index in [0.29, 0.717) is 13.1 Å². The van der Waals surface area contributed by atoms with Crippen LogP contribution in [-0.2, 0) is 4.79 Å². The van der Waals surface area contributed by atoms with Crippen molar-refractivity contribution in [3.8, 4) is 0 Å². The lowest BCUT2D eigenvalue weighted by atomic mass is 10.2. The number of aliphatic carboxylic acids is 1. The normalized spacial score (nSPS) is 19.5. The summed E-state index contributed by atoms with van der Waals surface area (Å²) in [6.07, 6.45) is 0.831. The van der Waals surface area contributed by atoms with E-state index in [1.807, 2.05) is 0 Å². The fourth-order valence-electron chi connectivity index (χ4n) is 1.17. The molecule has 1 saturated heterocycles. The van der Waals surface area contributed by atoms with Crippen LogP contribution in [0.15, 0.2) is 0 Å². The summed E-state index contributed by atoms with van der Waals surface area (Å²) >= 11 is 0. The quantitative estimate of drug-likeness (QED) is 0.518. The molecule has 1 heterocycles. The van der Waals surface area contributed by atoms with Crippen molar-refractivity contribution in [2.75, 3.05) is 19.6 Å². The monoisotopic (exact) mass is 187 g/mol. The van der Waals surface area contributed by atoms with E-state index in [1.54, 1.807) is 0 Å². The summed E-state index contributed by atoms with van der Waals surface area (Å²) in [5, 5.41) is 11.1. The lowest BCUT2D eigenvalue weighted by Gasteiger charge is -2.28. The predicted octanol–water partition coefficient (Wildman–Crippen LogP) is -1.19. The third-order valence-electron chi connectivity index (χ3n) is 1.90. The summed E-state index contributed by atoms with van der Waals surface area (Å²) in [5.74, 6) is -1.08. The van der Waals surface area contributed by atoms with E-state index >= 15 is 0 Å². The number of amides is 2. The van der Waals surface area contributed by atoms with Gasteiger partial charge in [0.1, 0.15) is 6.04 Å². The van der Waals surface area contributed by atoms with Gasteiger partial charge >= 0.3 is 12.0 Å². The van der Waals surface area contributed by atoms with Crippen LogP contribution in [0.3, 0.4) is 0 Å². The van der Waals surface area contributed by atoms with Crippen LogP contribution in [0.5, 0.6) is 0 Å². The number of carboxylic acid groups (broad SMARTS) is 1. The molecule has 6 nitrogen and oxygen atoms in total. The van der Waals surface area contributed by atoms with Crippen LogP contribution in [0.2, 0.25) is 0 Å². The first kappa shape index (κ1) is 9.79. The van der Waals surface area contributed by atoms with E-state index < -0.39 is 12.0 Å². The third-order valence-corrected chi connectivity index (χ3v) is 1.90. The molecular formula is C7H13N3O3. The SMILES string of the molecule is NC(CN1CCCNC1=O)C(=O)O. The van der Waals surface area contributed by atoms with Gasteiger partial charge in [-0.1, -0.05) is 0 Å². The number of carboxylic acids is 1. The van der Waals surface area contributed by atoms with Crippen LogP contribution in [0, 0.1) is 0 Å². The molecule has 0 bridgehead atoms. The van der Waals surface area contributed by atoms with Crippen LogP contribution in [0.4, 0.5) is 4.79 Å². The maximum Gasteiger partial charge on any atom is 0.322 e. The zero-order chi connectivity index (χ0) is 9.84. The van der Waals surface area contributed by atoms with Gasteiger partial charge < -0.3 is 21.1 Å². The number of hydrogen-bond donors (Lipinski definition) is 3. The summed E-state index contributed by atoms with van der Waals surface area (Å²) in [4.78, 5) is 22.9. The molecule has 1 aliphatic rings. The number of urea groups is 1. The number of rotatable bonds is 3. The maximum absolute atomic E-state index is 11.1. The summed E-state index contributed by atoms with van der Waals surface area (Å²) in [5.41, 5.74) is 5.29. The number of nitrogens with two attached hydrogens (primary N) is 1. The highest BCUT2D eigenvalue weighted by atomic mass is 16.4. The minimum Gasteiger partial charge on any atom is -0.480 e. The van der Waals surface area contributed by atoms with Gasteiger partial charge in [0.2, 0.25) is 0 Å². The van der Waals surface area contributed by atoms with Crippen molar-refractivity contribution >= 4 is 12.0 Å². The zero-order valence-electron chi connectivity index (χ0n) is 7.19. The van der Waals surface area contributed by atoms with Crippen LogP contribution in [0.25, 0.3) is 0 Å². The van der Waals surface area contributed by atoms with Gasteiger partial charge in [0.15, 0.2) is 0 Å². The molecule has 4 N–H and O–H groups in total. The smallest absolute Gasteiger partial charge is 0.322 e. The summed E-state index contributed by atoms with van der Waals surface area (Å²) in [6, 6.07) is -1.23. The zero-order valence-corrected chi connectivity index (χ0v) is 7.19. The number of hydrogen-bond acceptors (Lipinski definition) is 3. The van der Waals surface area contributed by atoms with E-state index in [0.717, 1.165) is 6.42 Å². The van der Waals surface area contributed by atoms with Crippen molar-refractivity contribution in [3.05, 3.63) is 0 Å². The van der Waals surface area contributed by atoms with Crippen molar-refractivity contribution < 1.29 is 14.7 Å². The first-order chi connectivity index (χ1) is 6.11. The third kappa shape index (κ3) is 2.59. The second-order valence-corrected chi connectivity index (χ2v) is 2.98. The van der Waals surface area contributed by atoms with E-state index in [1.165, 1.54) is 4.90 Å². The molecule has 1 atom stereocenters. The average Bonchev–Trinajstić information content (AvgIpc) is 2.08. The molecule has 0 aromatic heterocycles. The minimum atomic E-state index is -1.08. The van der Waals surface area contributed by atoms with E-state index in [9.17, 15) is 9.59 Å². The molecular weight excluding hydrogens is 174 g/mol. The summed E-state index contributed by atoms with van der Waals surface area (Å²) in [6.45, 7) is 1.30.